The summed E-state index contributed by atoms with van der Waals surface area (Å²) in [5, 5.41) is 3.69. The van der Waals surface area contributed by atoms with Gasteiger partial charge in [-0.3, -0.25) is 0 Å². The Bertz CT molecular complexity index is 150. The zero-order valence-corrected chi connectivity index (χ0v) is 10.4. The van der Waals surface area contributed by atoms with Crippen LogP contribution in [0.15, 0.2) is 0 Å². The van der Waals surface area contributed by atoms with E-state index < -0.39 is 0 Å². The summed E-state index contributed by atoms with van der Waals surface area (Å²) in [6.45, 7) is 5.71. The Balaban J connectivity index is 2.17. The number of hydrogen-bond acceptors (Lipinski definition) is 1. The average Bonchev–Trinajstić information content (AvgIpc) is 2.17. The lowest BCUT2D eigenvalue weighted by molar-refractivity contribution is 0.282. The molecule has 0 atom stereocenters. The molecule has 1 aliphatic carbocycles. The van der Waals surface area contributed by atoms with Crippen LogP contribution in [-0.4, -0.2) is 18.5 Å². The lowest BCUT2D eigenvalue weighted by Gasteiger charge is -2.29. The van der Waals surface area contributed by atoms with Gasteiger partial charge in [-0.2, -0.15) is 0 Å². The summed E-state index contributed by atoms with van der Waals surface area (Å²) in [6, 6.07) is 0.776. The third-order valence-corrected chi connectivity index (χ3v) is 3.43. The van der Waals surface area contributed by atoms with Crippen molar-refractivity contribution in [3.8, 4) is 0 Å². The summed E-state index contributed by atoms with van der Waals surface area (Å²) >= 11 is 5.78. The highest BCUT2D eigenvalue weighted by Crippen LogP contribution is 2.22. The SMILES string of the molecule is CC(C)(CCCl)CNC1CCCCC1. The lowest BCUT2D eigenvalue weighted by Crippen LogP contribution is -2.38. The van der Waals surface area contributed by atoms with Gasteiger partial charge < -0.3 is 5.32 Å². The van der Waals surface area contributed by atoms with E-state index >= 15 is 0 Å². The van der Waals surface area contributed by atoms with Crippen molar-refractivity contribution in [2.75, 3.05) is 12.4 Å². The minimum absolute atomic E-state index is 0.360. The van der Waals surface area contributed by atoms with Crippen molar-refractivity contribution in [1.82, 2.24) is 5.32 Å². The minimum Gasteiger partial charge on any atom is -0.313 e. The Morgan fingerprint density at radius 3 is 2.43 bits per heavy atom. The molecule has 1 aliphatic rings. The third kappa shape index (κ3) is 4.65. The van der Waals surface area contributed by atoms with Gasteiger partial charge in [-0.05, 0) is 24.7 Å². The van der Waals surface area contributed by atoms with Gasteiger partial charge in [0.15, 0.2) is 0 Å². The highest BCUT2D eigenvalue weighted by molar-refractivity contribution is 6.17. The molecule has 1 saturated carbocycles. The third-order valence-electron chi connectivity index (χ3n) is 3.25. The van der Waals surface area contributed by atoms with Crippen molar-refractivity contribution < 1.29 is 0 Å². The Morgan fingerprint density at radius 1 is 1.21 bits per heavy atom. The van der Waals surface area contributed by atoms with Gasteiger partial charge in [-0.25, -0.2) is 0 Å². The van der Waals surface area contributed by atoms with E-state index in [1.54, 1.807) is 0 Å². The van der Waals surface area contributed by atoms with E-state index in [1.807, 2.05) is 0 Å². The number of rotatable bonds is 5. The summed E-state index contributed by atoms with van der Waals surface area (Å²) < 4.78 is 0. The molecular formula is C12H24ClN. The fraction of sp³-hybridized carbons (Fsp3) is 1.00. The summed E-state index contributed by atoms with van der Waals surface area (Å²) in [4.78, 5) is 0. The highest BCUT2D eigenvalue weighted by atomic mass is 35.5. The van der Waals surface area contributed by atoms with Crippen molar-refractivity contribution in [2.24, 2.45) is 5.41 Å². The standard InChI is InChI=1S/C12H24ClN/c1-12(2,8-9-13)10-14-11-6-4-3-5-7-11/h11,14H,3-10H2,1-2H3. The molecule has 1 nitrogen and oxygen atoms in total. The van der Waals surface area contributed by atoms with Crippen molar-refractivity contribution in [2.45, 2.75) is 58.4 Å². The molecule has 0 bridgehead atoms. The quantitative estimate of drug-likeness (QED) is 0.695. The van der Waals surface area contributed by atoms with Crippen LogP contribution >= 0.6 is 11.6 Å². The smallest absolute Gasteiger partial charge is 0.0229 e. The second-order valence-electron chi connectivity index (χ2n) is 5.32. The molecule has 0 heterocycles. The van der Waals surface area contributed by atoms with Gasteiger partial charge in [0.1, 0.15) is 0 Å². The van der Waals surface area contributed by atoms with E-state index in [1.165, 1.54) is 32.1 Å². The molecule has 1 N–H and O–H groups in total. The van der Waals surface area contributed by atoms with Crippen LogP contribution in [0.4, 0.5) is 0 Å². The van der Waals surface area contributed by atoms with Crippen LogP contribution in [0, 0.1) is 5.41 Å². The lowest BCUT2D eigenvalue weighted by atomic mass is 9.88. The molecule has 0 aromatic carbocycles. The van der Waals surface area contributed by atoms with Crippen molar-refractivity contribution >= 4 is 11.6 Å². The molecule has 0 aromatic heterocycles. The van der Waals surface area contributed by atoms with Crippen LogP contribution in [-0.2, 0) is 0 Å². The maximum atomic E-state index is 5.78. The van der Waals surface area contributed by atoms with E-state index in [4.69, 9.17) is 11.6 Å². The molecule has 0 aromatic rings. The van der Waals surface area contributed by atoms with Crippen LogP contribution in [0.3, 0.4) is 0 Å². The minimum atomic E-state index is 0.360. The molecule has 1 fully saturated rings. The molecule has 0 aliphatic heterocycles. The predicted molar refractivity (Wildman–Crippen MR) is 64.0 cm³/mol. The zero-order valence-electron chi connectivity index (χ0n) is 9.61. The number of alkyl halides is 1. The summed E-state index contributed by atoms with van der Waals surface area (Å²) in [7, 11) is 0. The first-order valence-corrected chi connectivity index (χ1v) is 6.47. The molecule has 0 spiro atoms. The fourth-order valence-corrected chi connectivity index (χ4v) is 2.58. The van der Waals surface area contributed by atoms with E-state index in [9.17, 15) is 0 Å². The van der Waals surface area contributed by atoms with Gasteiger partial charge in [0, 0.05) is 18.5 Å². The van der Waals surface area contributed by atoms with Gasteiger partial charge >= 0.3 is 0 Å². The van der Waals surface area contributed by atoms with Gasteiger partial charge in [0.2, 0.25) is 0 Å². The van der Waals surface area contributed by atoms with Crippen molar-refractivity contribution in [3.05, 3.63) is 0 Å². The Kier molecular flexibility index (Phi) is 5.25. The fourth-order valence-electron chi connectivity index (χ4n) is 2.07. The zero-order chi connectivity index (χ0) is 10.4. The van der Waals surface area contributed by atoms with Crippen molar-refractivity contribution in [3.63, 3.8) is 0 Å². The van der Waals surface area contributed by atoms with E-state index in [2.05, 4.69) is 19.2 Å². The number of halogens is 1. The summed E-state index contributed by atoms with van der Waals surface area (Å²) in [5.74, 6) is 0.777. The van der Waals surface area contributed by atoms with E-state index in [-0.39, 0.29) is 0 Å². The maximum absolute atomic E-state index is 5.78. The highest BCUT2D eigenvalue weighted by Gasteiger charge is 2.19. The molecule has 1 rings (SSSR count). The molecule has 14 heavy (non-hydrogen) atoms. The van der Waals surface area contributed by atoms with Gasteiger partial charge in [-0.15, -0.1) is 11.6 Å². The van der Waals surface area contributed by atoms with E-state index in [0.717, 1.165) is 24.9 Å². The van der Waals surface area contributed by atoms with Gasteiger partial charge in [0.25, 0.3) is 0 Å². The van der Waals surface area contributed by atoms with Crippen LogP contribution in [0.1, 0.15) is 52.4 Å². The van der Waals surface area contributed by atoms with Crippen molar-refractivity contribution in [1.29, 1.82) is 0 Å². The topological polar surface area (TPSA) is 12.0 Å². The Morgan fingerprint density at radius 2 is 1.86 bits per heavy atom. The average molecular weight is 218 g/mol. The van der Waals surface area contributed by atoms with Crippen LogP contribution in [0.2, 0.25) is 0 Å². The van der Waals surface area contributed by atoms with Crippen LogP contribution in [0.5, 0.6) is 0 Å². The summed E-state index contributed by atoms with van der Waals surface area (Å²) in [5.41, 5.74) is 0.360. The Hall–Kier alpha value is 0.250. The largest absolute Gasteiger partial charge is 0.313 e. The molecule has 0 radical (unpaired) electrons. The summed E-state index contributed by atoms with van der Waals surface area (Å²) in [6.07, 6.45) is 8.10. The first-order valence-electron chi connectivity index (χ1n) is 5.93. The predicted octanol–water partition coefficient (Wildman–Crippen LogP) is 3.56. The molecular weight excluding hydrogens is 194 g/mol. The number of hydrogen-bond donors (Lipinski definition) is 1. The van der Waals surface area contributed by atoms with Gasteiger partial charge in [-0.1, -0.05) is 33.1 Å². The normalized spacial score (nSPS) is 19.9. The molecule has 0 saturated heterocycles. The molecule has 84 valence electrons. The second-order valence-corrected chi connectivity index (χ2v) is 5.70. The van der Waals surface area contributed by atoms with E-state index in [0.29, 0.717) is 5.41 Å². The first kappa shape index (κ1) is 12.3. The number of nitrogens with one attached hydrogen (secondary N) is 1. The molecule has 2 heteroatoms. The monoisotopic (exact) mass is 217 g/mol. The Labute approximate surface area is 93.6 Å². The van der Waals surface area contributed by atoms with Crippen LogP contribution in [0.25, 0.3) is 0 Å². The first-order chi connectivity index (χ1) is 6.64. The molecule has 0 unspecified atom stereocenters. The van der Waals surface area contributed by atoms with Crippen LogP contribution < -0.4 is 5.32 Å². The maximum Gasteiger partial charge on any atom is 0.0229 e. The second kappa shape index (κ2) is 5.97. The molecule has 0 amide bonds. The van der Waals surface area contributed by atoms with Gasteiger partial charge in [0.05, 0.1) is 0 Å².